The number of unbranched alkanes of at least 4 members (excludes halogenated alkanes) is 18. The first-order chi connectivity index (χ1) is 21.2. The second-order valence-corrected chi connectivity index (χ2v) is 13.6. The molecule has 0 unspecified atom stereocenters. The van der Waals surface area contributed by atoms with E-state index >= 15 is 0 Å². The second-order valence-electron chi connectivity index (χ2n) is 13.6. The van der Waals surface area contributed by atoms with Crippen molar-refractivity contribution in [2.24, 2.45) is 0 Å². The first kappa shape index (κ1) is 39.9. The maximum absolute atomic E-state index is 4.00. The van der Waals surface area contributed by atoms with Crippen LogP contribution in [-0.4, -0.2) is 37.1 Å². The highest BCUT2D eigenvalue weighted by atomic mass is 15.2. The molecule has 0 aromatic rings. The molecule has 0 aromatic carbocycles. The lowest BCUT2D eigenvalue weighted by atomic mass is 9.84. The summed E-state index contributed by atoms with van der Waals surface area (Å²) < 4.78 is 0. The predicted octanol–water partition coefficient (Wildman–Crippen LogP) is 12.7. The van der Waals surface area contributed by atoms with Crippen molar-refractivity contribution < 1.29 is 0 Å². The molecule has 0 bridgehead atoms. The van der Waals surface area contributed by atoms with Crippen molar-refractivity contribution in [2.75, 3.05) is 26.7 Å². The van der Waals surface area contributed by atoms with Gasteiger partial charge >= 0.3 is 0 Å². The summed E-state index contributed by atoms with van der Waals surface area (Å²) in [6.07, 6.45) is 53.8. The van der Waals surface area contributed by atoms with Gasteiger partial charge in [0, 0.05) is 25.2 Å². The van der Waals surface area contributed by atoms with E-state index in [0.29, 0.717) is 5.54 Å². The Morgan fingerprint density at radius 2 is 0.860 bits per heavy atom. The summed E-state index contributed by atoms with van der Waals surface area (Å²) >= 11 is 0. The molecule has 1 aliphatic rings. The summed E-state index contributed by atoms with van der Waals surface area (Å²) in [6, 6.07) is 0. The number of nitrogens with zero attached hydrogens (tertiary/aromatic N) is 1. The molecule has 2 nitrogen and oxygen atoms in total. The fraction of sp³-hybridized carbons (Fsp3) is 0.805. The van der Waals surface area contributed by atoms with Crippen LogP contribution in [0.3, 0.4) is 0 Å². The maximum atomic E-state index is 4.00. The van der Waals surface area contributed by atoms with Gasteiger partial charge in [-0.3, -0.25) is 0 Å². The van der Waals surface area contributed by atoms with Crippen LogP contribution in [0.15, 0.2) is 48.6 Å². The zero-order valence-corrected chi connectivity index (χ0v) is 29.6. The van der Waals surface area contributed by atoms with Gasteiger partial charge in [0.15, 0.2) is 0 Å². The first-order valence-corrected chi connectivity index (χ1v) is 19.3. The Hall–Kier alpha value is -1.12. The van der Waals surface area contributed by atoms with Gasteiger partial charge in [-0.05, 0) is 84.1 Å². The molecule has 1 rings (SSSR count). The molecule has 1 heterocycles. The average molecular weight is 597 g/mol. The molecule has 1 saturated heterocycles. The van der Waals surface area contributed by atoms with Gasteiger partial charge in [0.1, 0.15) is 0 Å². The summed E-state index contributed by atoms with van der Waals surface area (Å²) in [5.74, 6) is 0. The molecule has 0 radical (unpaired) electrons. The number of nitrogens with one attached hydrogen (secondary N) is 1. The third-order valence-electron chi connectivity index (χ3n) is 9.28. The van der Waals surface area contributed by atoms with E-state index in [4.69, 9.17) is 0 Å². The lowest BCUT2D eigenvalue weighted by molar-refractivity contribution is 0.132. The van der Waals surface area contributed by atoms with E-state index < -0.39 is 0 Å². The number of likely N-dealkylation sites (N-methyl/N-ethyl adjacent to an activating group) is 1. The summed E-state index contributed by atoms with van der Waals surface area (Å²) in [6.45, 7) is 8.16. The molecular weight excluding hydrogens is 520 g/mol. The van der Waals surface area contributed by atoms with E-state index in [0.717, 1.165) is 12.8 Å². The topological polar surface area (TPSA) is 15.3 Å². The van der Waals surface area contributed by atoms with E-state index in [1.54, 1.807) is 0 Å². The van der Waals surface area contributed by atoms with Gasteiger partial charge in [-0.15, -0.1) is 0 Å². The van der Waals surface area contributed by atoms with Gasteiger partial charge in [-0.1, -0.05) is 152 Å². The zero-order chi connectivity index (χ0) is 30.9. The minimum atomic E-state index is 0.373. The van der Waals surface area contributed by atoms with Crippen molar-refractivity contribution in [3.63, 3.8) is 0 Å². The van der Waals surface area contributed by atoms with E-state index in [9.17, 15) is 0 Å². The molecule has 0 aliphatic carbocycles. The Bertz CT molecular complexity index is 640. The fourth-order valence-electron chi connectivity index (χ4n) is 6.53. The minimum absolute atomic E-state index is 0.373. The largest absolute Gasteiger partial charge is 0.309 e. The highest BCUT2D eigenvalue weighted by Gasteiger charge is 2.32. The lowest BCUT2D eigenvalue weighted by Gasteiger charge is -2.43. The van der Waals surface area contributed by atoms with Crippen LogP contribution < -0.4 is 5.32 Å². The molecule has 0 aromatic heterocycles. The third-order valence-corrected chi connectivity index (χ3v) is 9.28. The van der Waals surface area contributed by atoms with Gasteiger partial charge in [0.2, 0.25) is 0 Å². The highest BCUT2D eigenvalue weighted by molar-refractivity contribution is 4.95. The molecule has 2 heteroatoms. The van der Waals surface area contributed by atoms with E-state index in [1.807, 2.05) is 0 Å². The number of allylic oxidation sites excluding steroid dienone is 8. The Morgan fingerprint density at radius 3 is 1.26 bits per heavy atom. The van der Waals surface area contributed by atoms with E-state index in [-0.39, 0.29) is 0 Å². The molecule has 1 N–H and O–H groups in total. The van der Waals surface area contributed by atoms with Crippen molar-refractivity contribution in [3.05, 3.63) is 48.6 Å². The molecule has 43 heavy (non-hydrogen) atoms. The van der Waals surface area contributed by atoms with Gasteiger partial charge in [0.25, 0.3) is 0 Å². The number of hydrogen-bond donors (Lipinski definition) is 1. The summed E-state index contributed by atoms with van der Waals surface area (Å²) in [5.41, 5.74) is 0.373. The number of hydrogen-bond acceptors (Lipinski definition) is 2. The van der Waals surface area contributed by atoms with E-state index in [2.05, 4.69) is 79.7 Å². The summed E-state index contributed by atoms with van der Waals surface area (Å²) in [4.78, 5) is 2.57. The molecule has 0 amide bonds. The highest BCUT2D eigenvalue weighted by Crippen LogP contribution is 2.26. The smallest absolute Gasteiger partial charge is 0.0309 e. The molecule has 250 valence electrons. The van der Waals surface area contributed by atoms with Crippen molar-refractivity contribution >= 4 is 0 Å². The SMILES string of the molecule is CCCCCC=CCC=CCCCCCCCCC1(CCCCCCCCC=CCC=CCCCCC)CN(C)CCN1. The van der Waals surface area contributed by atoms with Crippen LogP contribution in [0.2, 0.25) is 0 Å². The Labute approximate surface area is 271 Å². The molecule has 1 aliphatic heterocycles. The molecular formula is C41H76N2. The average Bonchev–Trinajstić information content (AvgIpc) is 3.00. The Morgan fingerprint density at radius 1 is 0.488 bits per heavy atom. The van der Waals surface area contributed by atoms with Gasteiger partial charge in [-0.2, -0.15) is 0 Å². The van der Waals surface area contributed by atoms with Gasteiger partial charge in [0.05, 0.1) is 0 Å². The van der Waals surface area contributed by atoms with Crippen molar-refractivity contribution in [1.29, 1.82) is 0 Å². The standard InChI is InChI=1S/C41H76N2/c1-4-6-8-10-12-14-16-18-20-22-24-26-28-30-32-34-36-41(40-43(3)39-38-42-41)37-35-33-31-29-27-25-23-21-19-17-15-13-11-9-7-5-2/h12-15,18-21,42H,4-11,16-17,22-40H2,1-3H3. The molecule has 0 atom stereocenters. The monoisotopic (exact) mass is 597 g/mol. The van der Waals surface area contributed by atoms with Crippen LogP contribution in [0, 0.1) is 0 Å². The van der Waals surface area contributed by atoms with Crippen molar-refractivity contribution in [2.45, 2.75) is 186 Å². The number of piperazine rings is 1. The van der Waals surface area contributed by atoms with Crippen LogP contribution in [-0.2, 0) is 0 Å². The molecule has 0 spiro atoms. The quantitative estimate of drug-likeness (QED) is 0.0655. The Kier molecular flexibility index (Phi) is 28.7. The second kappa shape index (κ2) is 30.9. The van der Waals surface area contributed by atoms with Gasteiger partial charge < -0.3 is 10.2 Å². The summed E-state index contributed by atoms with van der Waals surface area (Å²) in [5, 5.41) is 4.00. The minimum Gasteiger partial charge on any atom is -0.309 e. The van der Waals surface area contributed by atoms with Crippen LogP contribution in [0.4, 0.5) is 0 Å². The van der Waals surface area contributed by atoms with Crippen molar-refractivity contribution in [3.8, 4) is 0 Å². The lowest BCUT2D eigenvalue weighted by Crippen LogP contribution is -2.59. The van der Waals surface area contributed by atoms with Crippen LogP contribution in [0.25, 0.3) is 0 Å². The van der Waals surface area contributed by atoms with Crippen molar-refractivity contribution in [1.82, 2.24) is 10.2 Å². The van der Waals surface area contributed by atoms with Crippen LogP contribution in [0.1, 0.15) is 181 Å². The molecule has 1 fully saturated rings. The Balaban J connectivity index is 2.05. The number of rotatable bonds is 30. The first-order valence-electron chi connectivity index (χ1n) is 19.3. The normalized spacial score (nSPS) is 18.4. The van der Waals surface area contributed by atoms with Gasteiger partial charge in [-0.25, -0.2) is 0 Å². The summed E-state index contributed by atoms with van der Waals surface area (Å²) in [7, 11) is 2.33. The van der Waals surface area contributed by atoms with Crippen LogP contribution in [0.5, 0.6) is 0 Å². The van der Waals surface area contributed by atoms with Crippen LogP contribution >= 0.6 is 0 Å². The fourth-order valence-corrected chi connectivity index (χ4v) is 6.53. The third kappa shape index (κ3) is 25.9. The predicted molar refractivity (Wildman–Crippen MR) is 196 cm³/mol. The zero-order valence-electron chi connectivity index (χ0n) is 29.6. The van der Waals surface area contributed by atoms with E-state index in [1.165, 1.54) is 174 Å². The molecule has 0 saturated carbocycles. The maximum Gasteiger partial charge on any atom is 0.0309 e.